The Morgan fingerprint density at radius 2 is 2.08 bits per heavy atom. The molecule has 1 aliphatic carbocycles. The highest BCUT2D eigenvalue weighted by atomic mass is 16.5. The van der Waals surface area contributed by atoms with Crippen LogP contribution in [0.1, 0.15) is 33.1 Å². The van der Waals surface area contributed by atoms with Gasteiger partial charge < -0.3 is 10.1 Å². The minimum Gasteiger partial charge on any atom is -0.378 e. The lowest BCUT2D eigenvalue weighted by atomic mass is 9.81. The summed E-state index contributed by atoms with van der Waals surface area (Å²) in [6.07, 6.45) is 4.48. The lowest BCUT2D eigenvalue weighted by molar-refractivity contribution is 0.102. The van der Waals surface area contributed by atoms with Crippen molar-refractivity contribution >= 4 is 0 Å². The highest BCUT2D eigenvalue weighted by molar-refractivity contribution is 4.84. The molecule has 0 aromatic heterocycles. The molecule has 2 rings (SSSR count). The molecular formula is C11H21NO. The van der Waals surface area contributed by atoms with Crippen LogP contribution in [0.25, 0.3) is 0 Å². The van der Waals surface area contributed by atoms with E-state index in [0.29, 0.717) is 6.10 Å². The summed E-state index contributed by atoms with van der Waals surface area (Å²) >= 11 is 0. The van der Waals surface area contributed by atoms with Crippen LogP contribution in [0.4, 0.5) is 0 Å². The van der Waals surface area contributed by atoms with Crippen molar-refractivity contribution in [2.24, 2.45) is 11.8 Å². The molecule has 1 N–H and O–H groups in total. The largest absolute Gasteiger partial charge is 0.378 e. The van der Waals surface area contributed by atoms with E-state index in [-0.39, 0.29) is 0 Å². The average molecular weight is 183 g/mol. The summed E-state index contributed by atoms with van der Waals surface area (Å²) in [4.78, 5) is 0. The van der Waals surface area contributed by atoms with Gasteiger partial charge in [0, 0.05) is 19.2 Å². The van der Waals surface area contributed by atoms with Crippen LogP contribution in [0, 0.1) is 11.8 Å². The molecule has 1 aliphatic heterocycles. The molecule has 0 radical (unpaired) electrons. The molecule has 76 valence electrons. The Morgan fingerprint density at radius 1 is 1.31 bits per heavy atom. The third-order valence-corrected chi connectivity index (χ3v) is 3.58. The normalized spacial score (nSPS) is 44.8. The summed E-state index contributed by atoms with van der Waals surface area (Å²) in [7, 11) is 0. The highest BCUT2D eigenvalue weighted by Crippen LogP contribution is 2.27. The van der Waals surface area contributed by atoms with E-state index in [1.807, 2.05) is 0 Å². The van der Waals surface area contributed by atoms with Crippen LogP contribution in [0.2, 0.25) is 0 Å². The average Bonchev–Trinajstić information content (AvgIpc) is 2.43. The standard InChI is InChI=1S/C11H21NO/c1-8-5-11(6-8)12-7-10-3-4-13-9(10)2/h8-12H,3-7H2,1-2H3. The molecule has 0 amide bonds. The van der Waals surface area contributed by atoms with E-state index >= 15 is 0 Å². The highest BCUT2D eigenvalue weighted by Gasteiger charge is 2.28. The number of hydrogen-bond donors (Lipinski definition) is 1. The second-order valence-electron chi connectivity index (χ2n) is 4.81. The van der Waals surface area contributed by atoms with Gasteiger partial charge in [-0.05, 0) is 38.0 Å². The van der Waals surface area contributed by atoms with Crippen molar-refractivity contribution in [1.29, 1.82) is 0 Å². The van der Waals surface area contributed by atoms with Crippen LogP contribution in [0.3, 0.4) is 0 Å². The Bertz CT molecular complexity index is 165. The molecule has 1 heterocycles. The van der Waals surface area contributed by atoms with Gasteiger partial charge in [-0.25, -0.2) is 0 Å². The minimum atomic E-state index is 0.477. The second-order valence-corrected chi connectivity index (χ2v) is 4.81. The Hall–Kier alpha value is -0.0800. The SMILES string of the molecule is CC1CC(NCC2CCOC2C)C1. The van der Waals surface area contributed by atoms with Crippen molar-refractivity contribution in [2.75, 3.05) is 13.2 Å². The molecule has 2 heteroatoms. The number of hydrogen-bond acceptors (Lipinski definition) is 2. The third-order valence-electron chi connectivity index (χ3n) is 3.58. The molecule has 13 heavy (non-hydrogen) atoms. The zero-order chi connectivity index (χ0) is 9.26. The van der Waals surface area contributed by atoms with Gasteiger partial charge in [0.05, 0.1) is 6.10 Å². The summed E-state index contributed by atoms with van der Waals surface area (Å²) in [5.41, 5.74) is 0. The second kappa shape index (κ2) is 3.97. The topological polar surface area (TPSA) is 21.3 Å². The Balaban J connectivity index is 1.62. The Morgan fingerprint density at radius 3 is 2.62 bits per heavy atom. The van der Waals surface area contributed by atoms with Gasteiger partial charge in [-0.15, -0.1) is 0 Å². The van der Waals surface area contributed by atoms with Crippen LogP contribution in [0.15, 0.2) is 0 Å². The fourth-order valence-corrected chi connectivity index (χ4v) is 2.43. The maximum Gasteiger partial charge on any atom is 0.0588 e. The van der Waals surface area contributed by atoms with Gasteiger partial charge in [-0.1, -0.05) is 6.92 Å². The summed E-state index contributed by atoms with van der Waals surface area (Å²) < 4.78 is 5.53. The van der Waals surface area contributed by atoms with Gasteiger partial charge in [-0.2, -0.15) is 0 Å². The van der Waals surface area contributed by atoms with Gasteiger partial charge in [0.25, 0.3) is 0 Å². The van der Waals surface area contributed by atoms with E-state index in [2.05, 4.69) is 19.2 Å². The lowest BCUT2D eigenvalue weighted by Crippen LogP contribution is -2.43. The van der Waals surface area contributed by atoms with Crippen LogP contribution in [0.5, 0.6) is 0 Å². The Labute approximate surface area is 81.0 Å². The molecule has 1 saturated carbocycles. The van der Waals surface area contributed by atoms with Gasteiger partial charge in [-0.3, -0.25) is 0 Å². The molecular weight excluding hydrogens is 162 g/mol. The fourth-order valence-electron chi connectivity index (χ4n) is 2.43. The van der Waals surface area contributed by atoms with Crippen molar-refractivity contribution in [3.05, 3.63) is 0 Å². The van der Waals surface area contributed by atoms with E-state index in [1.54, 1.807) is 0 Å². The van der Waals surface area contributed by atoms with Gasteiger partial charge in [0.2, 0.25) is 0 Å². The maximum absolute atomic E-state index is 5.53. The number of nitrogens with one attached hydrogen (secondary N) is 1. The van der Waals surface area contributed by atoms with E-state index < -0.39 is 0 Å². The molecule has 0 bridgehead atoms. The van der Waals surface area contributed by atoms with Crippen molar-refractivity contribution in [2.45, 2.75) is 45.3 Å². The molecule has 2 aliphatic rings. The molecule has 2 fully saturated rings. The van der Waals surface area contributed by atoms with E-state index in [1.165, 1.54) is 25.8 Å². The van der Waals surface area contributed by atoms with Crippen LogP contribution in [-0.4, -0.2) is 25.3 Å². The van der Waals surface area contributed by atoms with Gasteiger partial charge >= 0.3 is 0 Å². The summed E-state index contributed by atoms with van der Waals surface area (Å²) in [5.74, 6) is 1.71. The molecule has 1 saturated heterocycles. The first-order chi connectivity index (χ1) is 6.25. The first-order valence-corrected chi connectivity index (χ1v) is 5.60. The van der Waals surface area contributed by atoms with E-state index in [4.69, 9.17) is 4.74 Å². The lowest BCUT2D eigenvalue weighted by Gasteiger charge is -2.34. The smallest absolute Gasteiger partial charge is 0.0588 e. The van der Waals surface area contributed by atoms with Crippen molar-refractivity contribution in [3.63, 3.8) is 0 Å². The van der Waals surface area contributed by atoms with E-state index in [0.717, 1.165) is 24.5 Å². The molecule has 2 atom stereocenters. The van der Waals surface area contributed by atoms with Crippen LogP contribution in [-0.2, 0) is 4.74 Å². The molecule has 2 nitrogen and oxygen atoms in total. The van der Waals surface area contributed by atoms with Crippen LogP contribution >= 0.6 is 0 Å². The first-order valence-electron chi connectivity index (χ1n) is 5.60. The van der Waals surface area contributed by atoms with Gasteiger partial charge in [0.15, 0.2) is 0 Å². The van der Waals surface area contributed by atoms with Crippen molar-refractivity contribution in [3.8, 4) is 0 Å². The summed E-state index contributed by atoms with van der Waals surface area (Å²) in [5, 5.41) is 3.64. The zero-order valence-electron chi connectivity index (χ0n) is 8.75. The quantitative estimate of drug-likeness (QED) is 0.720. The van der Waals surface area contributed by atoms with Crippen molar-refractivity contribution < 1.29 is 4.74 Å². The van der Waals surface area contributed by atoms with E-state index in [9.17, 15) is 0 Å². The molecule has 2 unspecified atom stereocenters. The molecule has 0 spiro atoms. The Kier molecular flexibility index (Phi) is 2.89. The third kappa shape index (κ3) is 2.23. The molecule has 0 aromatic carbocycles. The predicted molar refractivity (Wildman–Crippen MR) is 53.7 cm³/mol. The summed E-state index contributed by atoms with van der Waals surface area (Å²) in [6, 6.07) is 0.808. The first kappa shape index (κ1) is 9.47. The number of ether oxygens (including phenoxy) is 1. The molecule has 0 aromatic rings. The minimum absolute atomic E-state index is 0.477. The number of rotatable bonds is 3. The predicted octanol–water partition coefficient (Wildman–Crippen LogP) is 1.80. The van der Waals surface area contributed by atoms with Crippen LogP contribution < -0.4 is 5.32 Å². The van der Waals surface area contributed by atoms with Gasteiger partial charge in [0.1, 0.15) is 0 Å². The zero-order valence-corrected chi connectivity index (χ0v) is 8.75. The monoisotopic (exact) mass is 183 g/mol. The summed E-state index contributed by atoms with van der Waals surface area (Å²) in [6.45, 7) is 6.66. The fraction of sp³-hybridized carbons (Fsp3) is 1.00. The van der Waals surface area contributed by atoms with Crippen molar-refractivity contribution in [1.82, 2.24) is 5.32 Å². The maximum atomic E-state index is 5.53.